The first kappa shape index (κ1) is 14.5. The summed E-state index contributed by atoms with van der Waals surface area (Å²) in [7, 11) is 0. The molecule has 0 radical (unpaired) electrons. The van der Waals surface area contributed by atoms with Crippen LogP contribution in [0, 0.1) is 0 Å². The van der Waals surface area contributed by atoms with Crippen LogP contribution in [0.1, 0.15) is 39.1 Å². The lowest BCUT2D eigenvalue weighted by atomic mass is 10.2. The van der Waals surface area contributed by atoms with Gasteiger partial charge in [-0.2, -0.15) is 0 Å². The van der Waals surface area contributed by atoms with Crippen LogP contribution in [-0.2, 0) is 4.79 Å². The van der Waals surface area contributed by atoms with Gasteiger partial charge in [-0.3, -0.25) is 9.20 Å². The van der Waals surface area contributed by atoms with Gasteiger partial charge in [0.25, 0.3) is 0 Å². The molecule has 0 saturated carbocycles. The summed E-state index contributed by atoms with van der Waals surface area (Å²) in [6.45, 7) is 6.37. The zero-order valence-corrected chi connectivity index (χ0v) is 12.1. The summed E-state index contributed by atoms with van der Waals surface area (Å²) in [5, 5.41) is 14.3. The number of amides is 1. The summed E-state index contributed by atoms with van der Waals surface area (Å²) < 4.78 is 1.88. The van der Waals surface area contributed by atoms with Crippen LogP contribution in [0.3, 0.4) is 0 Å². The average Bonchev–Trinajstić information content (AvgIpc) is 2.88. The number of carbonyl (C=O) groups excluding carboxylic acids is 1. The van der Waals surface area contributed by atoms with Gasteiger partial charge in [0.15, 0.2) is 11.5 Å². The van der Waals surface area contributed by atoms with E-state index >= 15 is 0 Å². The van der Waals surface area contributed by atoms with Crippen LogP contribution >= 0.6 is 0 Å². The molecule has 2 atom stereocenters. The molecule has 108 valence electrons. The number of hydrogen-bond acceptors (Lipinski definition) is 4. The standard InChI is InChI=1S/C14H21N5O/c1-4-10(2)15-9-13(20)16-11(3)14-18-17-12-7-5-6-8-19(12)14/h5-8,10-11,15H,4,9H2,1-3H3,(H,16,20). The van der Waals surface area contributed by atoms with Gasteiger partial charge in [0.2, 0.25) is 5.91 Å². The van der Waals surface area contributed by atoms with Crippen molar-refractivity contribution in [1.82, 2.24) is 25.2 Å². The van der Waals surface area contributed by atoms with Gasteiger partial charge in [-0.1, -0.05) is 13.0 Å². The predicted molar refractivity (Wildman–Crippen MR) is 77.3 cm³/mol. The lowest BCUT2D eigenvalue weighted by molar-refractivity contribution is -0.121. The molecule has 1 amide bonds. The molecule has 6 heteroatoms. The summed E-state index contributed by atoms with van der Waals surface area (Å²) in [5.74, 6) is 0.697. The predicted octanol–water partition coefficient (Wildman–Crippen LogP) is 1.29. The van der Waals surface area contributed by atoms with Gasteiger partial charge < -0.3 is 10.6 Å². The third kappa shape index (κ3) is 3.33. The second-order valence-corrected chi connectivity index (χ2v) is 4.97. The number of rotatable bonds is 6. The van der Waals surface area contributed by atoms with Crippen LogP contribution in [0.15, 0.2) is 24.4 Å². The molecule has 0 saturated heterocycles. The fourth-order valence-corrected chi connectivity index (χ4v) is 1.92. The van der Waals surface area contributed by atoms with Gasteiger partial charge in [-0.15, -0.1) is 10.2 Å². The first-order chi connectivity index (χ1) is 9.61. The van der Waals surface area contributed by atoms with Crippen LogP contribution in [-0.4, -0.2) is 33.1 Å². The molecule has 0 fully saturated rings. The summed E-state index contributed by atoms with van der Waals surface area (Å²) >= 11 is 0. The van der Waals surface area contributed by atoms with E-state index in [1.54, 1.807) is 0 Å². The van der Waals surface area contributed by atoms with Crippen LogP contribution < -0.4 is 10.6 Å². The molecule has 0 bridgehead atoms. The molecule has 0 aromatic carbocycles. The third-order valence-corrected chi connectivity index (χ3v) is 3.33. The Kier molecular flexibility index (Phi) is 4.68. The minimum Gasteiger partial charge on any atom is -0.345 e. The number of fused-ring (bicyclic) bond motifs is 1. The van der Waals surface area contributed by atoms with Gasteiger partial charge >= 0.3 is 0 Å². The number of carbonyl (C=O) groups is 1. The Bertz CT molecular complexity index is 580. The minimum atomic E-state index is -0.182. The Morgan fingerprint density at radius 1 is 1.35 bits per heavy atom. The van der Waals surface area contributed by atoms with Crippen LogP contribution in [0.25, 0.3) is 5.65 Å². The molecular formula is C14H21N5O. The van der Waals surface area contributed by atoms with Crippen LogP contribution in [0.5, 0.6) is 0 Å². The van der Waals surface area contributed by atoms with Gasteiger partial charge in [0.05, 0.1) is 12.6 Å². The average molecular weight is 275 g/mol. The van der Waals surface area contributed by atoms with E-state index < -0.39 is 0 Å². The number of nitrogens with zero attached hydrogens (tertiary/aromatic N) is 3. The van der Waals surface area contributed by atoms with Gasteiger partial charge in [-0.05, 0) is 32.4 Å². The van der Waals surface area contributed by atoms with Crippen molar-refractivity contribution in [1.29, 1.82) is 0 Å². The molecule has 2 aromatic rings. The highest BCUT2D eigenvalue weighted by atomic mass is 16.2. The topological polar surface area (TPSA) is 71.3 Å². The maximum Gasteiger partial charge on any atom is 0.234 e. The Hall–Kier alpha value is -1.95. The van der Waals surface area contributed by atoms with E-state index in [1.807, 2.05) is 35.7 Å². The molecule has 2 heterocycles. The SMILES string of the molecule is CCC(C)NCC(=O)NC(C)c1nnc2ccccn12. The van der Waals surface area contributed by atoms with E-state index in [1.165, 1.54) is 0 Å². The van der Waals surface area contributed by atoms with Crippen molar-refractivity contribution in [2.24, 2.45) is 0 Å². The fourth-order valence-electron chi connectivity index (χ4n) is 1.92. The van der Waals surface area contributed by atoms with Crippen molar-refractivity contribution in [3.05, 3.63) is 30.2 Å². The van der Waals surface area contributed by atoms with E-state index in [4.69, 9.17) is 0 Å². The molecule has 20 heavy (non-hydrogen) atoms. The van der Waals surface area contributed by atoms with Crippen molar-refractivity contribution >= 4 is 11.6 Å². The van der Waals surface area contributed by atoms with Crippen molar-refractivity contribution in [3.8, 4) is 0 Å². The number of aromatic nitrogens is 3. The number of hydrogen-bond donors (Lipinski definition) is 2. The molecule has 2 rings (SSSR count). The lowest BCUT2D eigenvalue weighted by Gasteiger charge is -2.14. The largest absolute Gasteiger partial charge is 0.345 e. The monoisotopic (exact) mass is 275 g/mol. The molecule has 0 spiro atoms. The molecule has 2 unspecified atom stereocenters. The minimum absolute atomic E-state index is 0.0366. The molecule has 6 nitrogen and oxygen atoms in total. The Morgan fingerprint density at radius 2 is 2.15 bits per heavy atom. The lowest BCUT2D eigenvalue weighted by Crippen LogP contribution is -2.39. The smallest absolute Gasteiger partial charge is 0.234 e. The second-order valence-electron chi connectivity index (χ2n) is 4.97. The van der Waals surface area contributed by atoms with Crippen molar-refractivity contribution in [2.75, 3.05) is 6.54 Å². The van der Waals surface area contributed by atoms with E-state index in [9.17, 15) is 4.79 Å². The van der Waals surface area contributed by atoms with E-state index in [2.05, 4.69) is 34.7 Å². The van der Waals surface area contributed by atoms with E-state index in [0.717, 1.165) is 17.9 Å². The summed E-state index contributed by atoms with van der Waals surface area (Å²) in [5.41, 5.74) is 0.779. The normalized spacial score (nSPS) is 14.2. The molecule has 2 aromatic heterocycles. The quantitative estimate of drug-likeness (QED) is 0.833. The summed E-state index contributed by atoms with van der Waals surface area (Å²) in [6, 6.07) is 5.87. The number of pyridine rings is 1. The maximum absolute atomic E-state index is 11.9. The van der Waals surface area contributed by atoms with Crippen molar-refractivity contribution in [3.63, 3.8) is 0 Å². The van der Waals surface area contributed by atoms with Crippen molar-refractivity contribution in [2.45, 2.75) is 39.3 Å². The van der Waals surface area contributed by atoms with Crippen molar-refractivity contribution < 1.29 is 4.79 Å². The highest BCUT2D eigenvalue weighted by Gasteiger charge is 2.15. The van der Waals surface area contributed by atoms with Crippen LogP contribution in [0.4, 0.5) is 0 Å². The van der Waals surface area contributed by atoms with Gasteiger partial charge in [-0.25, -0.2) is 0 Å². The zero-order chi connectivity index (χ0) is 14.5. The number of nitrogens with one attached hydrogen (secondary N) is 2. The Morgan fingerprint density at radius 3 is 2.90 bits per heavy atom. The maximum atomic E-state index is 11.9. The molecular weight excluding hydrogens is 254 g/mol. The Balaban J connectivity index is 1.98. The molecule has 0 aliphatic rings. The zero-order valence-electron chi connectivity index (χ0n) is 12.1. The molecule has 0 aliphatic carbocycles. The van der Waals surface area contributed by atoms with Gasteiger partial charge in [0, 0.05) is 12.2 Å². The Labute approximate surface area is 118 Å². The summed E-state index contributed by atoms with van der Waals surface area (Å²) in [4.78, 5) is 11.9. The first-order valence-electron chi connectivity index (χ1n) is 6.94. The summed E-state index contributed by atoms with van der Waals surface area (Å²) in [6.07, 6.45) is 2.89. The second kappa shape index (κ2) is 6.47. The van der Waals surface area contributed by atoms with Gasteiger partial charge in [0.1, 0.15) is 0 Å². The third-order valence-electron chi connectivity index (χ3n) is 3.33. The van der Waals surface area contributed by atoms with Crippen LogP contribution in [0.2, 0.25) is 0 Å². The van der Waals surface area contributed by atoms with E-state index in [-0.39, 0.29) is 11.9 Å². The highest BCUT2D eigenvalue weighted by molar-refractivity contribution is 5.78. The van der Waals surface area contributed by atoms with E-state index in [0.29, 0.717) is 12.6 Å². The molecule has 2 N–H and O–H groups in total. The fraction of sp³-hybridized carbons (Fsp3) is 0.500. The first-order valence-corrected chi connectivity index (χ1v) is 6.94. The molecule has 0 aliphatic heterocycles. The highest BCUT2D eigenvalue weighted by Crippen LogP contribution is 2.11.